The third-order valence-electron chi connectivity index (χ3n) is 5.00. The second-order valence-corrected chi connectivity index (χ2v) is 6.79. The topological polar surface area (TPSA) is 66.5 Å². The quantitative estimate of drug-likeness (QED) is 0.694. The van der Waals surface area contributed by atoms with E-state index in [1.54, 1.807) is 45.6 Å². The molecule has 0 aliphatic carbocycles. The van der Waals surface area contributed by atoms with Gasteiger partial charge in [0.05, 0.1) is 32.0 Å². The van der Waals surface area contributed by atoms with Crippen LogP contribution in [0.5, 0.6) is 23.0 Å². The van der Waals surface area contributed by atoms with E-state index in [0.717, 1.165) is 23.4 Å². The molecule has 0 radical (unpaired) electrons. The highest BCUT2D eigenvalue weighted by Crippen LogP contribution is 2.42. The van der Waals surface area contributed by atoms with Crippen molar-refractivity contribution in [1.29, 1.82) is 0 Å². The number of carbonyl (C=O) groups excluding carboxylic acids is 1. The number of hydrogen-bond acceptors (Lipinski definition) is 7. The Hall–Kier alpha value is -3.03. The van der Waals surface area contributed by atoms with Gasteiger partial charge in [-0.1, -0.05) is 6.07 Å². The van der Waals surface area contributed by atoms with E-state index in [4.69, 9.17) is 23.7 Å². The van der Waals surface area contributed by atoms with Crippen LogP contribution in [0.3, 0.4) is 0 Å². The predicted molar refractivity (Wildman–Crippen MR) is 107 cm³/mol. The molecule has 2 aliphatic heterocycles. The largest absolute Gasteiger partial charge is 0.493 e. The third-order valence-corrected chi connectivity index (χ3v) is 5.00. The van der Waals surface area contributed by atoms with Crippen LogP contribution in [0.15, 0.2) is 36.1 Å². The maximum Gasteiger partial charge on any atom is 0.231 e. The Labute approximate surface area is 169 Å². The van der Waals surface area contributed by atoms with Gasteiger partial charge in [-0.05, 0) is 35.9 Å². The molecule has 2 aromatic rings. The summed E-state index contributed by atoms with van der Waals surface area (Å²) in [5.41, 5.74) is 2.22. The maximum atomic E-state index is 12.9. The van der Waals surface area contributed by atoms with Crippen molar-refractivity contribution < 1.29 is 28.5 Å². The van der Waals surface area contributed by atoms with Crippen molar-refractivity contribution in [1.82, 2.24) is 4.90 Å². The van der Waals surface area contributed by atoms with Gasteiger partial charge in [0.1, 0.15) is 18.2 Å². The molecule has 0 fully saturated rings. The number of ether oxygens (including phenoxy) is 5. The van der Waals surface area contributed by atoms with Crippen LogP contribution in [0.1, 0.15) is 21.5 Å². The minimum Gasteiger partial charge on any atom is -0.493 e. The molecule has 0 bridgehead atoms. The summed E-state index contributed by atoms with van der Waals surface area (Å²) in [6.45, 7) is 2.47. The van der Waals surface area contributed by atoms with E-state index < -0.39 is 0 Å². The molecule has 0 amide bonds. The van der Waals surface area contributed by atoms with Gasteiger partial charge in [0.15, 0.2) is 17.3 Å². The van der Waals surface area contributed by atoms with Crippen LogP contribution in [0, 0.1) is 0 Å². The van der Waals surface area contributed by atoms with Gasteiger partial charge in [-0.25, -0.2) is 0 Å². The number of methoxy groups -OCH3 is 3. The zero-order valence-electron chi connectivity index (χ0n) is 16.7. The summed E-state index contributed by atoms with van der Waals surface area (Å²) < 4.78 is 27.6. The summed E-state index contributed by atoms with van der Waals surface area (Å²) >= 11 is 0. The standard InChI is InChI=1S/C22H23NO6/c1-25-9-8-23-12-16-17(28-13-23)7-5-15-21(24)20(29-22(15)16)11-14-4-6-18(26-2)19(10-14)27-3/h4-7,10-11H,8-9,12-13H2,1-3H3/b20-11-. The van der Waals surface area contributed by atoms with Crippen LogP contribution in [-0.4, -0.2) is 51.9 Å². The highest BCUT2D eigenvalue weighted by Gasteiger charge is 2.33. The Morgan fingerprint density at radius 1 is 1.10 bits per heavy atom. The van der Waals surface area contributed by atoms with Gasteiger partial charge in [-0.3, -0.25) is 9.69 Å². The van der Waals surface area contributed by atoms with E-state index >= 15 is 0 Å². The Bertz CT molecular complexity index is 968. The summed E-state index contributed by atoms with van der Waals surface area (Å²) in [7, 11) is 4.82. The molecule has 0 saturated carbocycles. The summed E-state index contributed by atoms with van der Waals surface area (Å²) in [5.74, 6) is 2.66. The molecule has 0 saturated heterocycles. The summed E-state index contributed by atoms with van der Waals surface area (Å²) in [5, 5.41) is 0. The average Bonchev–Trinajstić information content (AvgIpc) is 3.07. The minimum atomic E-state index is -0.147. The van der Waals surface area contributed by atoms with Crippen LogP contribution in [0.4, 0.5) is 0 Å². The molecule has 0 unspecified atom stereocenters. The number of Topliss-reactive ketones (excluding diaryl/α,β-unsaturated/α-hetero) is 1. The normalized spacial score (nSPS) is 16.8. The van der Waals surface area contributed by atoms with Gasteiger partial charge in [0.2, 0.25) is 5.78 Å². The van der Waals surface area contributed by atoms with Crippen molar-refractivity contribution in [2.45, 2.75) is 6.54 Å². The number of allylic oxidation sites excluding steroid dienone is 1. The lowest BCUT2D eigenvalue weighted by molar-refractivity contribution is 0.0646. The third kappa shape index (κ3) is 3.66. The Morgan fingerprint density at radius 3 is 2.69 bits per heavy atom. The number of rotatable bonds is 6. The van der Waals surface area contributed by atoms with E-state index in [1.807, 2.05) is 12.1 Å². The van der Waals surface area contributed by atoms with Crippen LogP contribution in [0.2, 0.25) is 0 Å². The van der Waals surface area contributed by atoms with Crippen molar-refractivity contribution >= 4 is 11.9 Å². The first-order valence-electron chi connectivity index (χ1n) is 9.31. The van der Waals surface area contributed by atoms with Gasteiger partial charge in [-0.2, -0.15) is 0 Å². The smallest absolute Gasteiger partial charge is 0.231 e. The minimum absolute atomic E-state index is 0.147. The van der Waals surface area contributed by atoms with E-state index in [1.165, 1.54) is 0 Å². The van der Waals surface area contributed by atoms with Crippen LogP contribution < -0.4 is 18.9 Å². The Balaban J connectivity index is 1.63. The lowest BCUT2D eigenvalue weighted by atomic mass is 10.0. The first-order chi connectivity index (χ1) is 14.1. The van der Waals surface area contributed by atoms with Gasteiger partial charge in [-0.15, -0.1) is 0 Å². The zero-order chi connectivity index (χ0) is 20.4. The van der Waals surface area contributed by atoms with E-state index in [9.17, 15) is 4.79 Å². The number of ketones is 1. The molecule has 4 rings (SSSR count). The SMILES string of the molecule is COCCN1COc2ccc3c(c2C1)O/C(=C\c1ccc(OC)c(OC)c1)C3=O. The van der Waals surface area contributed by atoms with Crippen LogP contribution >= 0.6 is 0 Å². The number of nitrogens with zero attached hydrogens (tertiary/aromatic N) is 1. The zero-order valence-corrected chi connectivity index (χ0v) is 16.7. The maximum absolute atomic E-state index is 12.9. The van der Waals surface area contributed by atoms with E-state index in [0.29, 0.717) is 42.7 Å². The monoisotopic (exact) mass is 397 g/mol. The molecule has 2 aromatic carbocycles. The van der Waals surface area contributed by atoms with Crippen molar-refractivity contribution in [3.63, 3.8) is 0 Å². The van der Waals surface area contributed by atoms with E-state index in [2.05, 4.69) is 4.90 Å². The molecule has 0 atom stereocenters. The molecule has 152 valence electrons. The van der Waals surface area contributed by atoms with Crippen molar-refractivity contribution in [3.8, 4) is 23.0 Å². The highest BCUT2D eigenvalue weighted by atomic mass is 16.5. The number of fused-ring (bicyclic) bond motifs is 3. The van der Waals surface area contributed by atoms with Crippen LogP contribution in [0.25, 0.3) is 6.08 Å². The molecule has 0 N–H and O–H groups in total. The number of hydrogen-bond donors (Lipinski definition) is 0. The Kier molecular flexibility index (Phi) is 5.42. The molecular formula is C22H23NO6. The second kappa shape index (κ2) is 8.14. The van der Waals surface area contributed by atoms with Crippen LogP contribution in [-0.2, 0) is 11.3 Å². The number of carbonyl (C=O) groups is 1. The summed E-state index contributed by atoms with van der Waals surface area (Å²) in [6, 6.07) is 9.04. The number of benzene rings is 2. The summed E-state index contributed by atoms with van der Waals surface area (Å²) in [4.78, 5) is 15.0. The summed E-state index contributed by atoms with van der Waals surface area (Å²) in [6.07, 6.45) is 1.71. The van der Waals surface area contributed by atoms with Gasteiger partial charge in [0, 0.05) is 20.2 Å². The fourth-order valence-electron chi connectivity index (χ4n) is 3.46. The van der Waals surface area contributed by atoms with E-state index in [-0.39, 0.29) is 11.5 Å². The lowest BCUT2D eigenvalue weighted by Gasteiger charge is -2.29. The fraction of sp³-hybridized carbons (Fsp3) is 0.318. The first-order valence-corrected chi connectivity index (χ1v) is 9.31. The Morgan fingerprint density at radius 2 is 1.93 bits per heavy atom. The lowest BCUT2D eigenvalue weighted by Crippen LogP contribution is -2.34. The first kappa shape index (κ1) is 19.3. The van der Waals surface area contributed by atoms with Crippen molar-refractivity contribution in [3.05, 3.63) is 52.8 Å². The molecule has 2 heterocycles. The molecule has 7 heteroatoms. The predicted octanol–water partition coefficient (Wildman–Crippen LogP) is 3.12. The second-order valence-electron chi connectivity index (χ2n) is 6.79. The van der Waals surface area contributed by atoms with Crippen molar-refractivity contribution in [2.24, 2.45) is 0 Å². The van der Waals surface area contributed by atoms with Gasteiger partial charge >= 0.3 is 0 Å². The highest BCUT2D eigenvalue weighted by molar-refractivity contribution is 6.15. The molecule has 0 spiro atoms. The molecule has 2 aliphatic rings. The fourth-order valence-corrected chi connectivity index (χ4v) is 3.46. The van der Waals surface area contributed by atoms with Gasteiger partial charge < -0.3 is 23.7 Å². The molecule has 29 heavy (non-hydrogen) atoms. The van der Waals surface area contributed by atoms with Crippen molar-refractivity contribution in [2.75, 3.05) is 41.2 Å². The molecular weight excluding hydrogens is 374 g/mol. The molecule has 7 nitrogen and oxygen atoms in total. The average molecular weight is 397 g/mol. The van der Waals surface area contributed by atoms with Gasteiger partial charge in [0.25, 0.3) is 0 Å². The molecule has 0 aromatic heterocycles.